The highest BCUT2D eigenvalue weighted by atomic mass is 32.1. The topological polar surface area (TPSA) is 68.2 Å². The summed E-state index contributed by atoms with van der Waals surface area (Å²) in [6.45, 7) is 6.62. The van der Waals surface area contributed by atoms with E-state index in [4.69, 9.17) is 22.1 Å². The molecule has 3 aromatic carbocycles. The van der Waals surface area contributed by atoms with E-state index in [9.17, 15) is 4.79 Å². The first-order chi connectivity index (χ1) is 18.4. The summed E-state index contributed by atoms with van der Waals surface area (Å²) in [5.41, 5.74) is 6.14. The van der Waals surface area contributed by atoms with Gasteiger partial charge in [0.2, 0.25) is 0 Å². The number of thiophene rings is 1. The Morgan fingerprint density at radius 1 is 0.974 bits per heavy atom. The molecule has 38 heavy (non-hydrogen) atoms. The molecule has 0 fully saturated rings. The van der Waals surface area contributed by atoms with Crippen molar-refractivity contribution < 1.29 is 9.53 Å². The molecule has 0 atom stereocenters. The van der Waals surface area contributed by atoms with Gasteiger partial charge in [-0.05, 0) is 54.9 Å². The lowest BCUT2D eigenvalue weighted by Crippen LogP contribution is -2.21. The number of anilines is 2. The highest BCUT2D eigenvalue weighted by Crippen LogP contribution is 2.40. The first-order valence-corrected chi connectivity index (χ1v) is 13.5. The summed E-state index contributed by atoms with van der Waals surface area (Å²) in [5.74, 6) is -0.409. The van der Waals surface area contributed by atoms with Gasteiger partial charge in [0.25, 0.3) is 0 Å². The summed E-state index contributed by atoms with van der Waals surface area (Å²) in [7, 11) is 1.39. The Hall–Kier alpha value is -4.01. The first kappa shape index (κ1) is 25.6. The highest BCUT2D eigenvalue weighted by Gasteiger charge is 2.25. The molecule has 5 aromatic rings. The molecule has 2 aromatic heterocycles. The molecule has 0 aliphatic heterocycles. The Bertz CT molecular complexity index is 1650. The minimum atomic E-state index is -0.409. The van der Waals surface area contributed by atoms with Crippen LogP contribution in [0.4, 0.5) is 10.7 Å². The molecular weight excluding hydrogens is 512 g/mol. The Balaban J connectivity index is 1.40. The third-order valence-electron chi connectivity index (χ3n) is 6.58. The smallest absolute Gasteiger partial charge is 0.341 e. The van der Waals surface area contributed by atoms with Gasteiger partial charge in [0.1, 0.15) is 10.6 Å². The fourth-order valence-electron chi connectivity index (χ4n) is 4.75. The average Bonchev–Trinajstić information content (AvgIpc) is 3.38. The molecule has 0 bridgehead atoms. The molecule has 0 aliphatic carbocycles. The van der Waals surface area contributed by atoms with Crippen LogP contribution in [0, 0.1) is 20.8 Å². The van der Waals surface area contributed by atoms with Crippen molar-refractivity contribution in [2.45, 2.75) is 27.3 Å². The van der Waals surface area contributed by atoms with Gasteiger partial charge in [-0.25, -0.2) is 4.79 Å². The molecule has 0 radical (unpaired) electrons. The third kappa shape index (κ3) is 4.92. The lowest BCUT2D eigenvalue weighted by Gasteiger charge is -2.12. The van der Waals surface area contributed by atoms with Crippen LogP contribution in [0.25, 0.3) is 21.9 Å². The number of hydrogen-bond donors (Lipinski definition) is 2. The zero-order valence-corrected chi connectivity index (χ0v) is 23.3. The van der Waals surface area contributed by atoms with Crippen LogP contribution in [-0.4, -0.2) is 28.0 Å². The second-order valence-electron chi connectivity index (χ2n) is 9.02. The molecule has 2 N–H and O–H groups in total. The van der Waals surface area contributed by atoms with Gasteiger partial charge in [0.05, 0.1) is 30.7 Å². The zero-order valence-electron chi connectivity index (χ0n) is 21.7. The Morgan fingerprint density at radius 3 is 2.45 bits per heavy atom. The van der Waals surface area contributed by atoms with Gasteiger partial charge in [-0.3, -0.25) is 4.68 Å². The van der Waals surface area contributed by atoms with E-state index in [1.807, 2.05) is 55.8 Å². The Morgan fingerprint density at radius 2 is 1.68 bits per heavy atom. The van der Waals surface area contributed by atoms with Crippen LogP contribution in [-0.2, 0) is 11.3 Å². The van der Waals surface area contributed by atoms with E-state index >= 15 is 0 Å². The van der Waals surface area contributed by atoms with Crippen molar-refractivity contribution in [1.82, 2.24) is 9.78 Å². The Labute approximate surface area is 231 Å². The normalized spacial score (nSPS) is 10.9. The van der Waals surface area contributed by atoms with Crippen LogP contribution in [0.1, 0.15) is 32.2 Å². The molecule has 2 heterocycles. The first-order valence-electron chi connectivity index (χ1n) is 12.2. The van der Waals surface area contributed by atoms with Gasteiger partial charge in [0, 0.05) is 10.4 Å². The number of aromatic nitrogens is 2. The molecule has 0 spiro atoms. The minimum Gasteiger partial charge on any atom is -0.465 e. The number of thiocarbonyl (C=S) groups is 1. The molecule has 5 rings (SSSR count). The number of methoxy groups -OCH3 is 1. The maximum atomic E-state index is 12.8. The van der Waals surface area contributed by atoms with Crippen LogP contribution in [0.15, 0.2) is 72.8 Å². The second-order valence-corrected chi connectivity index (χ2v) is 10.6. The van der Waals surface area contributed by atoms with Crippen molar-refractivity contribution in [1.29, 1.82) is 0 Å². The van der Waals surface area contributed by atoms with Crippen LogP contribution in [0.3, 0.4) is 0 Å². The predicted octanol–water partition coefficient (Wildman–Crippen LogP) is 7.33. The van der Waals surface area contributed by atoms with Crippen LogP contribution >= 0.6 is 23.6 Å². The molecule has 6 nitrogen and oxygen atoms in total. The van der Waals surface area contributed by atoms with Gasteiger partial charge in [-0.15, -0.1) is 11.3 Å². The third-order valence-corrected chi connectivity index (χ3v) is 7.81. The number of carbonyl (C=O) groups is 1. The van der Waals surface area contributed by atoms with E-state index in [2.05, 4.69) is 53.1 Å². The SMILES string of the molecule is COC(=O)c1c(NC(=S)Nc2c(C)nn(Cc3cccc4ccccc34)c2C)sc(C)c1-c1ccccc1. The summed E-state index contributed by atoms with van der Waals surface area (Å²) < 4.78 is 7.12. The maximum absolute atomic E-state index is 12.8. The molecular formula is C30H28N4O2S2. The maximum Gasteiger partial charge on any atom is 0.341 e. The van der Waals surface area contributed by atoms with Crippen molar-refractivity contribution in [3.05, 3.63) is 100 Å². The number of benzene rings is 3. The number of ether oxygens (including phenoxy) is 1. The van der Waals surface area contributed by atoms with Crippen molar-refractivity contribution in [3.8, 4) is 11.1 Å². The standard InChI is InChI=1S/C30H28N4O2S2/c1-18-27(19(2)34(33-18)17-23-15-10-14-21-11-8-9-16-24(21)23)31-30(37)32-28-26(29(35)36-4)25(20(3)38-28)22-12-6-5-7-13-22/h5-16H,17H2,1-4H3,(H2,31,32,37). The number of hydrogen-bond acceptors (Lipinski definition) is 5. The lowest BCUT2D eigenvalue weighted by molar-refractivity contribution is 0.0603. The van der Waals surface area contributed by atoms with Gasteiger partial charge < -0.3 is 15.4 Å². The number of fused-ring (bicyclic) bond motifs is 1. The molecule has 0 unspecified atom stereocenters. The summed E-state index contributed by atoms with van der Waals surface area (Å²) in [4.78, 5) is 13.8. The van der Waals surface area contributed by atoms with E-state index in [1.165, 1.54) is 34.8 Å². The number of carbonyl (C=O) groups excluding carboxylic acids is 1. The van der Waals surface area contributed by atoms with Gasteiger partial charge in [-0.1, -0.05) is 72.8 Å². The molecule has 192 valence electrons. The second kappa shape index (κ2) is 10.8. The zero-order chi connectivity index (χ0) is 26.8. The van der Waals surface area contributed by atoms with Crippen molar-refractivity contribution in [2.24, 2.45) is 0 Å². The monoisotopic (exact) mass is 540 g/mol. The van der Waals surface area contributed by atoms with Gasteiger partial charge >= 0.3 is 5.97 Å². The summed E-state index contributed by atoms with van der Waals surface area (Å²) in [6.07, 6.45) is 0. The number of esters is 1. The quantitative estimate of drug-likeness (QED) is 0.174. The van der Waals surface area contributed by atoms with Crippen LogP contribution < -0.4 is 10.6 Å². The van der Waals surface area contributed by atoms with E-state index in [0.29, 0.717) is 22.2 Å². The molecule has 8 heteroatoms. The van der Waals surface area contributed by atoms with Crippen LogP contribution in [0.5, 0.6) is 0 Å². The summed E-state index contributed by atoms with van der Waals surface area (Å²) >= 11 is 7.16. The number of rotatable bonds is 6. The molecule has 0 saturated carbocycles. The fraction of sp³-hybridized carbons (Fsp3) is 0.167. The predicted molar refractivity (Wildman–Crippen MR) is 160 cm³/mol. The molecule has 0 amide bonds. The van der Waals surface area contributed by atoms with Gasteiger partial charge in [-0.2, -0.15) is 5.10 Å². The fourth-order valence-corrected chi connectivity index (χ4v) is 6.09. The number of nitrogens with zero attached hydrogens (tertiary/aromatic N) is 2. The van der Waals surface area contributed by atoms with E-state index in [0.717, 1.165) is 33.1 Å². The summed E-state index contributed by atoms with van der Waals surface area (Å²) in [5, 5.41) is 14.8. The van der Waals surface area contributed by atoms with Crippen molar-refractivity contribution in [2.75, 3.05) is 17.7 Å². The van der Waals surface area contributed by atoms with Gasteiger partial charge in [0.15, 0.2) is 5.11 Å². The number of aryl methyl sites for hydroxylation is 2. The van der Waals surface area contributed by atoms with Crippen LogP contribution in [0.2, 0.25) is 0 Å². The minimum absolute atomic E-state index is 0.381. The highest BCUT2D eigenvalue weighted by molar-refractivity contribution is 7.80. The van der Waals surface area contributed by atoms with E-state index < -0.39 is 5.97 Å². The average molecular weight is 541 g/mol. The Kier molecular flexibility index (Phi) is 7.26. The van der Waals surface area contributed by atoms with E-state index in [1.54, 1.807) is 0 Å². The lowest BCUT2D eigenvalue weighted by atomic mass is 10.0. The molecule has 0 aliphatic rings. The molecule has 0 saturated heterocycles. The van der Waals surface area contributed by atoms with Crippen molar-refractivity contribution in [3.63, 3.8) is 0 Å². The summed E-state index contributed by atoms with van der Waals surface area (Å²) in [6, 6.07) is 24.5. The number of nitrogens with one attached hydrogen (secondary N) is 2. The van der Waals surface area contributed by atoms with E-state index in [-0.39, 0.29) is 0 Å². The van der Waals surface area contributed by atoms with Crippen molar-refractivity contribution >= 4 is 56.1 Å². The largest absolute Gasteiger partial charge is 0.465 e.